The number of para-hydroxylation sites is 1. The summed E-state index contributed by atoms with van der Waals surface area (Å²) in [5, 5.41) is 2.90. The molecule has 1 aromatic carbocycles. The number of aromatic nitrogens is 1. The van der Waals surface area contributed by atoms with Gasteiger partial charge in [-0.3, -0.25) is 4.79 Å². The molecular formula is C17H15ClFN3O3S3. The molecule has 0 saturated carbocycles. The molecule has 1 amide bonds. The van der Waals surface area contributed by atoms with E-state index in [0.29, 0.717) is 21.9 Å². The Balaban J connectivity index is 1.60. The van der Waals surface area contributed by atoms with E-state index in [2.05, 4.69) is 10.3 Å². The Labute approximate surface area is 174 Å². The number of nitrogens with zero attached hydrogens (tertiary/aromatic N) is 2. The molecule has 0 radical (unpaired) electrons. The van der Waals surface area contributed by atoms with E-state index in [-0.39, 0.29) is 21.4 Å². The van der Waals surface area contributed by atoms with E-state index in [1.165, 1.54) is 22.5 Å². The molecule has 1 N–H and O–H groups in total. The van der Waals surface area contributed by atoms with Gasteiger partial charge in [0.1, 0.15) is 21.6 Å². The number of piperidine rings is 1. The lowest BCUT2D eigenvalue weighted by atomic mass is 10.0. The van der Waals surface area contributed by atoms with Crippen molar-refractivity contribution in [2.24, 2.45) is 0 Å². The van der Waals surface area contributed by atoms with Crippen molar-refractivity contribution in [3.63, 3.8) is 0 Å². The van der Waals surface area contributed by atoms with Crippen molar-refractivity contribution in [1.82, 2.24) is 9.29 Å². The Morgan fingerprint density at radius 3 is 2.79 bits per heavy atom. The van der Waals surface area contributed by atoms with Crippen LogP contribution in [0.1, 0.15) is 19.3 Å². The molecule has 11 heteroatoms. The number of halogens is 2. The summed E-state index contributed by atoms with van der Waals surface area (Å²) in [5.41, 5.74) is 0.184. The normalized spacial score (nSPS) is 18.4. The number of sulfonamides is 1. The Hall–Kier alpha value is -1.59. The zero-order valence-electron chi connectivity index (χ0n) is 14.4. The van der Waals surface area contributed by atoms with E-state index in [1.54, 1.807) is 12.1 Å². The van der Waals surface area contributed by atoms with Gasteiger partial charge in [-0.05, 0) is 37.1 Å². The number of thiophene rings is 1. The van der Waals surface area contributed by atoms with Gasteiger partial charge in [-0.15, -0.1) is 11.3 Å². The maximum atomic E-state index is 13.8. The van der Waals surface area contributed by atoms with Gasteiger partial charge in [0, 0.05) is 6.54 Å². The third-order valence-corrected chi connectivity index (χ3v) is 9.01. The summed E-state index contributed by atoms with van der Waals surface area (Å²) < 4.78 is 42.1. The van der Waals surface area contributed by atoms with E-state index in [0.717, 1.165) is 29.1 Å². The number of thiazole rings is 1. The monoisotopic (exact) mass is 459 g/mol. The van der Waals surface area contributed by atoms with Gasteiger partial charge in [-0.25, -0.2) is 17.8 Å². The number of fused-ring (bicyclic) bond motifs is 1. The molecule has 0 aliphatic carbocycles. The van der Waals surface area contributed by atoms with Crippen molar-refractivity contribution in [2.75, 3.05) is 11.9 Å². The van der Waals surface area contributed by atoms with Gasteiger partial charge >= 0.3 is 0 Å². The summed E-state index contributed by atoms with van der Waals surface area (Å²) in [6.07, 6.45) is 1.82. The van der Waals surface area contributed by atoms with Crippen LogP contribution in [0.15, 0.2) is 34.5 Å². The minimum Gasteiger partial charge on any atom is -0.301 e. The van der Waals surface area contributed by atoms with E-state index in [1.807, 2.05) is 0 Å². The summed E-state index contributed by atoms with van der Waals surface area (Å²) in [6, 6.07) is 6.70. The number of carbonyl (C=O) groups excluding carboxylic acids is 1. The minimum absolute atomic E-state index is 0.110. The van der Waals surface area contributed by atoms with Gasteiger partial charge < -0.3 is 5.32 Å². The summed E-state index contributed by atoms with van der Waals surface area (Å²) in [4.78, 5) is 17.0. The van der Waals surface area contributed by atoms with Crippen molar-refractivity contribution >= 4 is 65.6 Å². The van der Waals surface area contributed by atoms with Crippen molar-refractivity contribution in [3.05, 3.63) is 40.5 Å². The van der Waals surface area contributed by atoms with Crippen molar-refractivity contribution < 1.29 is 17.6 Å². The molecule has 1 fully saturated rings. The van der Waals surface area contributed by atoms with Crippen LogP contribution in [0.25, 0.3) is 10.2 Å². The summed E-state index contributed by atoms with van der Waals surface area (Å²) in [5.74, 6) is -0.934. The Bertz CT molecular complexity index is 1140. The molecule has 4 rings (SSSR count). The van der Waals surface area contributed by atoms with Gasteiger partial charge in [-0.1, -0.05) is 35.4 Å². The van der Waals surface area contributed by atoms with Gasteiger partial charge in [0.15, 0.2) is 5.13 Å². The molecule has 3 heterocycles. The molecule has 28 heavy (non-hydrogen) atoms. The minimum atomic E-state index is -3.83. The van der Waals surface area contributed by atoms with Gasteiger partial charge in [0.25, 0.3) is 10.0 Å². The molecule has 6 nitrogen and oxygen atoms in total. The topological polar surface area (TPSA) is 79.4 Å². The van der Waals surface area contributed by atoms with E-state index >= 15 is 0 Å². The molecular weight excluding hydrogens is 445 g/mol. The molecule has 2 aromatic heterocycles. The fourth-order valence-corrected chi connectivity index (χ4v) is 7.32. The molecule has 1 aliphatic heterocycles. The number of benzene rings is 1. The number of nitrogens with one attached hydrogen (secondary N) is 1. The van der Waals surface area contributed by atoms with Crippen LogP contribution >= 0.6 is 34.3 Å². The van der Waals surface area contributed by atoms with Crippen molar-refractivity contribution in [3.8, 4) is 0 Å². The number of rotatable bonds is 4. The van der Waals surface area contributed by atoms with Crippen LogP contribution in [-0.2, 0) is 14.8 Å². The SMILES string of the molecule is O=C(Nc1nc2c(F)cccc2s1)C1CCCCN1S(=O)(=O)c1ccc(Cl)s1. The third kappa shape index (κ3) is 3.67. The Kier molecular flexibility index (Phi) is 5.41. The fourth-order valence-electron chi connectivity index (χ4n) is 3.16. The summed E-state index contributed by atoms with van der Waals surface area (Å²) in [6.45, 7) is 0.254. The van der Waals surface area contributed by atoms with Crippen LogP contribution in [0.3, 0.4) is 0 Å². The van der Waals surface area contributed by atoms with Crippen LogP contribution in [0.4, 0.5) is 9.52 Å². The molecule has 0 spiro atoms. The number of hydrogen-bond acceptors (Lipinski definition) is 6. The largest absolute Gasteiger partial charge is 0.301 e. The molecule has 1 saturated heterocycles. The van der Waals surface area contributed by atoms with Gasteiger partial charge in [0.05, 0.1) is 9.04 Å². The number of carbonyl (C=O) groups is 1. The lowest BCUT2D eigenvalue weighted by molar-refractivity contribution is -0.120. The van der Waals surface area contributed by atoms with Crippen LogP contribution in [0.2, 0.25) is 4.34 Å². The second-order valence-corrected chi connectivity index (χ2v) is 11.1. The smallest absolute Gasteiger partial charge is 0.253 e. The highest BCUT2D eigenvalue weighted by Gasteiger charge is 2.38. The lowest BCUT2D eigenvalue weighted by Gasteiger charge is -2.32. The first kappa shape index (κ1) is 19.7. The highest BCUT2D eigenvalue weighted by Crippen LogP contribution is 2.33. The molecule has 3 aromatic rings. The van der Waals surface area contributed by atoms with E-state index in [9.17, 15) is 17.6 Å². The van der Waals surface area contributed by atoms with Crippen LogP contribution in [0, 0.1) is 5.82 Å². The predicted molar refractivity (Wildman–Crippen MR) is 109 cm³/mol. The summed E-state index contributed by atoms with van der Waals surface area (Å²) in [7, 11) is -3.83. The van der Waals surface area contributed by atoms with E-state index in [4.69, 9.17) is 11.6 Å². The average molecular weight is 460 g/mol. The average Bonchev–Trinajstić information content (AvgIpc) is 3.29. The number of amides is 1. The quantitative estimate of drug-likeness (QED) is 0.629. The number of anilines is 1. The highest BCUT2D eigenvalue weighted by atomic mass is 35.5. The fraction of sp³-hybridized carbons (Fsp3) is 0.294. The molecule has 0 bridgehead atoms. The second-order valence-electron chi connectivity index (χ2n) is 6.28. The maximum absolute atomic E-state index is 13.8. The van der Waals surface area contributed by atoms with Crippen LogP contribution < -0.4 is 5.32 Å². The van der Waals surface area contributed by atoms with Gasteiger partial charge in [0.2, 0.25) is 5.91 Å². The van der Waals surface area contributed by atoms with Crippen LogP contribution in [-0.4, -0.2) is 36.2 Å². The Morgan fingerprint density at radius 2 is 2.07 bits per heavy atom. The zero-order chi connectivity index (χ0) is 19.9. The van der Waals surface area contributed by atoms with Crippen molar-refractivity contribution in [2.45, 2.75) is 29.5 Å². The first-order valence-corrected chi connectivity index (χ1v) is 11.9. The first-order valence-electron chi connectivity index (χ1n) is 8.49. The zero-order valence-corrected chi connectivity index (χ0v) is 17.6. The van der Waals surface area contributed by atoms with E-state index < -0.39 is 27.8 Å². The summed E-state index contributed by atoms with van der Waals surface area (Å²) >= 11 is 7.99. The first-order chi connectivity index (χ1) is 13.4. The number of hydrogen-bond donors (Lipinski definition) is 1. The molecule has 1 unspecified atom stereocenters. The Morgan fingerprint density at radius 1 is 1.25 bits per heavy atom. The van der Waals surface area contributed by atoms with Crippen molar-refractivity contribution in [1.29, 1.82) is 0 Å². The van der Waals surface area contributed by atoms with Crippen LogP contribution in [0.5, 0.6) is 0 Å². The molecule has 148 valence electrons. The predicted octanol–water partition coefficient (Wildman–Crippen LogP) is 4.33. The lowest BCUT2D eigenvalue weighted by Crippen LogP contribution is -2.49. The third-order valence-electron chi connectivity index (χ3n) is 4.47. The standard InChI is InChI=1S/C17H15ClFN3O3S3/c18-13-7-8-14(27-13)28(24,25)22-9-2-1-5-11(22)16(23)21-17-20-15-10(19)4-3-6-12(15)26-17/h3-4,6-8,11H,1-2,5,9H2,(H,20,21,23). The maximum Gasteiger partial charge on any atom is 0.253 e. The molecule has 1 atom stereocenters. The highest BCUT2D eigenvalue weighted by molar-refractivity contribution is 7.91. The molecule has 1 aliphatic rings. The second kappa shape index (κ2) is 7.68. The van der Waals surface area contributed by atoms with Gasteiger partial charge in [-0.2, -0.15) is 4.31 Å².